The highest BCUT2D eigenvalue weighted by Crippen LogP contribution is 2.08. The Labute approximate surface area is 62.0 Å². The van der Waals surface area contributed by atoms with Crippen LogP contribution in [0.4, 0.5) is 0 Å². The van der Waals surface area contributed by atoms with E-state index in [-0.39, 0.29) is 0 Å². The number of hydrogen-bond donors (Lipinski definition) is 1. The molecule has 1 unspecified atom stereocenters. The Kier molecular flexibility index (Phi) is 4.60. The molecule has 0 aliphatic rings. The second kappa shape index (κ2) is 4.66. The Balaban J connectivity index is 3.28. The molecule has 0 bridgehead atoms. The molecule has 0 rings (SSSR count). The maximum atomic E-state index is 9.25. The molecule has 0 amide bonds. The predicted octanol–water partition coefficient (Wildman–Crippen LogP) is 0.768. The fraction of sp³-hybridized carbons (Fsp3) is 1.00. The van der Waals surface area contributed by atoms with Crippen molar-refractivity contribution in [3.8, 4) is 0 Å². The van der Waals surface area contributed by atoms with Gasteiger partial charge in [-0.15, -0.1) is 0 Å². The monoisotopic (exact) mass is 148 g/mol. The Morgan fingerprint density at radius 1 is 1.50 bits per heavy atom. The molecule has 3 nitrogen and oxygen atoms in total. The van der Waals surface area contributed by atoms with Crippen LogP contribution in [0.25, 0.3) is 0 Å². The summed E-state index contributed by atoms with van der Waals surface area (Å²) < 4.78 is 9.79. The third-order valence-corrected chi connectivity index (χ3v) is 1.35. The van der Waals surface area contributed by atoms with Crippen molar-refractivity contribution in [3.05, 3.63) is 0 Å². The molecule has 0 aromatic carbocycles. The van der Waals surface area contributed by atoms with E-state index in [4.69, 9.17) is 9.47 Å². The van der Waals surface area contributed by atoms with Crippen molar-refractivity contribution in [1.29, 1.82) is 0 Å². The van der Waals surface area contributed by atoms with Crippen LogP contribution in [0.5, 0.6) is 0 Å². The molecule has 62 valence electrons. The molecule has 0 saturated heterocycles. The second-order valence-corrected chi connectivity index (χ2v) is 2.33. The minimum atomic E-state index is -1.03. The molecule has 0 spiro atoms. The lowest BCUT2D eigenvalue weighted by Crippen LogP contribution is -2.28. The zero-order valence-electron chi connectivity index (χ0n) is 6.89. The van der Waals surface area contributed by atoms with E-state index < -0.39 is 5.79 Å². The van der Waals surface area contributed by atoms with E-state index in [9.17, 15) is 5.11 Å². The molecule has 0 aliphatic carbocycles. The lowest BCUT2D eigenvalue weighted by molar-refractivity contribution is -0.181. The van der Waals surface area contributed by atoms with Crippen molar-refractivity contribution in [3.63, 3.8) is 0 Å². The van der Waals surface area contributed by atoms with Crippen LogP contribution in [-0.2, 0) is 9.47 Å². The smallest absolute Gasteiger partial charge is 0.164 e. The van der Waals surface area contributed by atoms with Crippen molar-refractivity contribution < 1.29 is 14.6 Å². The highest BCUT2D eigenvalue weighted by atomic mass is 16.6. The summed E-state index contributed by atoms with van der Waals surface area (Å²) >= 11 is 0. The van der Waals surface area contributed by atoms with Crippen LogP contribution in [0.1, 0.15) is 20.3 Å². The lowest BCUT2D eigenvalue weighted by atomic mass is 10.2. The summed E-state index contributed by atoms with van der Waals surface area (Å²) in [6.45, 7) is 4.75. The SMILES string of the molecule is CCOCCC(C)(O)OC. The molecule has 1 N–H and O–H groups in total. The van der Waals surface area contributed by atoms with Gasteiger partial charge in [-0.05, 0) is 13.8 Å². The molecule has 3 heteroatoms. The van der Waals surface area contributed by atoms with Crippen LogP contribution in [0.2, 0.25) is 0 Å². The molecular formula is C7H16O3. The van der Waals surface area contributed by atoms with Gasteiger partial charge in [0.2, 0.25) is 0 Å². The molecule has 1 atom stereocenters. The minimum Gasteiger partial charge on any atom is -0.382 e. The number of rotatable bonds is 5. The van der Waals surface area contributed by atoms with E-state index in [1.165, 1.54) is 7.11 Å². The van der Waals surface area contributed by atoms with Crippen LogP contribution < -0.4 is 0 Å². The van der Waals surface area contributed by atoms with Crippen LogP contribution >= 0.6 is 0 Å². The molecule has 10 heavy (non-hydrogen) atoms. The zero-order valence-corrected chi connectivity index (χ0v) is 6.89. The number of methoxy groups -OCH3 is 1. The average Bonchev–Trinajstić information content (AvgIpc) is 1.89. The second-order valence-electron chi connectivity index (χ2n) is 2.33. The fourth-order valence-corrected chi connectivity index (χ4v) is 0.508. The van der Waals surface area contributed by atoms with E-state index in [1.807, 2.05) is 6.92 Å². The minimum absolute atomic E-state index is 0.511. The average molecular weight is 148 g/mol. The Morgan fingerprint density at radius 3 is 2.50 bits per heavy atom. The summed E-state index contributed by atoms with van der Waals surface area (Å²) in [5.41, 5.74) is 0. The summed E-state index contributed by atoms with van der Waals surface area (Å²) in [5.74, 6) is -1.03. The largest absolute Gasteiger partial charge is 0.382 e. The van der Waals surface area contributed by atoms with Gasteiger partial charge in [0.1, 0.15) is 0 Å². The van der Waals surface area contributed by atoms with Crippen LogP contribution in [-0.4, -0.2) is 31.2 Å². The maximum absolute atomic E-state index is 9.25. The third kappa shape index (κ3) is 4.73. The van der Waals surface area contributed by atoms with Gasteiger partial charge in [-0.1, -0.05) is 0 Å². The molecular weight excluding hydrogens is 132 g/mol. The number of hydrogen-bond acceptors (Lipinski definition) is 3. The predicted molar refractivity (Wildman–Crippen MR) is 38.7 cm³/mol. The van der Waals surface area contributed by atoms with Crippen LogP contribution in [0, 0.1) is 0 Å². The van der Waals surface area contributed by atoms with E-state index in [2.05, 4.69) is 0 Å². The van der Waals surface area contributed by atoms with Crippen molar-refractivity contribution in [1.82, 2.24) is 0 Å². The van der Waals surface area contributed by atoms with Gasteiger partial charge in [-0.25, -0.2) is 0 Å². The summed E-state index contributed by atoms with van der Waals surface area (Å²) in [6, 6.07) is 0. The van der Waals surface area contributed by atoms with Gasteiger partial charge < -0.3 is 14.6 Å². The number of aliphatic hydroxyl groups is 1. The molecule has 0 aliphatic heterocycles. The maximum Gasteiger partial charge on any atom is 0.164 e. The molecule has 0 radical (unpaired) electrons. The quantitative estimate of drug-likeness (QED) is 0.462. The highest BCUT2D eigenvalue weighted by molar-refractivity contribution is 4.56. The Hall–Kier alpha value is -0.120. The standard InChI is InChI=1S/C7H16O3/c1-4-10-6-5-7(2,8)9-3/h8H,4-6H2,1-3H3. The molecule has 0 aromatic rings. The summed E-state index contributed by atoms with van der Waals surface area (Å²) in [5, 5.41) is 9.25. The number of ether oxygens (including phenoxy) is 2. The first-order valence-corrected chi connectivity index (χ1v) is 3.47. The van der Waals surface area contributed by atoms with E-state index in [1.54, 1.807) is 6.92 Å². The van der Waals surface area contributed by atoms with Gasteiger partial charge in [-0.3, -0.25) is 0 Å². The van der Waals surface area contributed by atoms with Crippen molar-refractivity contribution >= 4 is 0 Å². The molecule has 0 fully saturated rings. The zero-order chi connectivity index (χ0) is 8.04. The lowest BCUT2D eigenvalue weighted by Gasteiger charge is -2.20. The molecule has 0 saturated carbocycles. The van der Waals surface area contributed by atoms with Gasteiger partial charge in [0.15, 0.2) is 5.79 Å². The van der Waals surface area contributed by atoms with E-state index >= 15 is 0 Å². The van der Waals surface area contributed by atoms with E-state index in [0.29, 0.717) is 19.6 Å². The summed E-state index contributed by atoms with van der Waals surface area (Å²) in [4.78, 5) is 0. The van der Waals surface area contributed by atoms with E-state index in [0.717, 1.165) is 0 Å². The third-order valence-electron chi connectivity index (χ3n) is 1.35. The topological polar surface area (TPSA) is 38.7 Å². The Bertz CT molecular complexity index is 80.9. The van der Waals surface area contributed by atoms with Crippen molar-refractivity contribution in [2.75, 3.05) is 20.3 Å². The van der Waals surface area contributed by atoms with Gasteiger partial charge in [0.05, 0.1) is 6.61 Å². The van der Waals surface area contributed by atoms with Gasteiger partial charge in [0.25, 0.3) is 0 Å². The first kappa shape index (κ1) is 9.88. The first-order chi connectivity index (χ1) is 4.62. The Morgan fingerprint density at radius 2 is 2.10 bits per heavy atom. The summed E-state index contributed by atoms with van der Waals surface area (Å²) in [6.07, 6.45) is 0.511. The van der Waals surface area contributed by atoms with Gasteiger partial charge >= 0.3 is 0 Å². The fourth-order valence-electron chi connectivity index (χ4n) is 0.508. The van der Waals surface area contributed by atoms with Crippen molar-refractivity contribution in [2.45, 2.75) is 26.1 Å². The van der Waals surface area contributed by atoms with Crippen molar-refractivity contribution in [2.24, 2.45) is 0 Å². The molecule has 0 heterocycles. The van der Waals surface area contributed by atoms with Crippen LogP contribution in [0.15, 0.2) is 0 Å². The first-order valence-electron chi connectivity index (χ1n) is 3.47. The summed E-state index contributed by atoms with van der Waals surface area (Å²) in [7, 11) is 1.48. The van der Waals surface area contributed by atoms with Crippen LogP contribution in [0.3, 0.4) is 0 Å². The normalized spacial score (nSPS) is 16.8. The highest BCUT2D eigenvalue weighted by Gasteiger charge is 2.17. The van der Waals surface area contributed by atoms with Gasteiger partial charge in [0, 0.05) is 20.1 Å². The molecule has 0 aromatic heterocycles. The van der Waals surface area contributed by atoms with Gasteiger partial charge in [-0.2, -0.15) is 0 Å².